The van der Waals surface area contributed by atoms with E-state index < -0.39 is 5.38 Å². The number of halogens is 2. The number of Topliss-reactive ketones (excluding diaryl/α,β-unsaturated/α-hetero) is 1. The van der Waals surface area contributed by atoms with Gasteiger partial charge in [0.2, 0.25) is 0 Å². The van der Waals surface area contributed by atoms with Crippen LogP contribution in [0.25, 0.3) is 0 Å². The second-order valence-electron chi connectivity index (χ2n) is 3.07. The normalized spacial score (nSPS) is 12.5. The molecule has 0 saturated carbocycles. The molecule has 0 amide bonds. The SMILES string of the molecule is CC(=O)C(Cl)c1cc(CBr)ccc1N. The zero-order valence-corrected chi connectivity index (χ0v) is 10.1. The molecule has 0 heterocycles. The molecule has 1 rings (SSSR count). The smallest absolute Gasteiger partial charge is 0.152 e. The zero-order valence-electron chi connectivity index (χ0n) is 7.76. The van der Waals surface area contributed by atoms with E-state index in [-0.39, 0.29) is 5.78 Å². The Morgan fingerprint density at radius 3 is 2.79 bits per heavy atom. The topological polar surface area (TPSA) is 43.1 Å². The Kier molecular flexibility index (Phi) is 3.96. The van der Waals surface area contributed by atoms with Crippen LogP contribution < -0.4 is 5.73 Å². The summed E-state index contributed by atoms with van der Waals surface area (Å²) in [6.45, 7) is 1.46. The van der Waals surface area contributed by atoms with Gasteiger partial charge in [-0.15, -0.1) is 11.6 Å². The molecule has 76 valence electrons. The summed E-state index contributed by atoms with van der Waals surface area (Å²) >= 11 is 9.26. The van der Waals surface area contributed by atoms with Crippen LogP contribution in [0.3, 0.4) is 0 Å². The lowest BCUT2D eigenvalue weighted by Crippen LogP contribution is -2.05. The lowest BCUT2D eigenvalue weighted by atomic mass is 10.0. The van der Waals surface area contributed by atoms with Crippen LogP contribution in [0.15, 0.2) is 18.2 Å². The molecule has 2 N–H and O–H groups in total. The third kappa shape index (κ3) is 2.49. The summed E-state index contributed by atoms with van der Waals surface area (Å²) in [7, 11) is 0. The minimum absolute atomic E-state index is 0.0925. The van der Waals surface area contributed by atoms with Gasteiger partial charge in [-0.3, -0.25) is 4.79 Å². The summed E-state index contributed by atoms with van der Waals surface area (Å²) < 4.78 is 0. The van der Waals surface area contributed by atoms with Crippen molar-refractivity contribution in [1.82, 2.24) is 0 Å². The first kappa shape index (κ1) is 11.5. The highest BCUT2D eigenvalue weighted by molar-refractivity contribution is 9.08. The fraction of sp³-hybridized carbons (Fsp3) is 0.300. The summed E-state index contributed by atoms with van der Waals surface area (Å²) in [5.74, 6) is -0.0925. The van der Waals surface area contributed by atoms with Gasteiger partial charge in [0.1, 0.15) is 5.38 Å². The Bertz CT molecular complexity index is 354. The number of ketones is 1. The summed E-state index contributed by atoms with van der Waals surface area (Å²) in [5.41, 5.74) is 8.04. The van der Waals surface area contributed by atoms with E-state index in [0.717, 1.165) is 10.9 Å². The molecule has 0 aromatic heterocycles. The van der Waals surface area contributed by atoms with Gasteiger partial charge in [-0.05, 0) is 18.6 Å². The van der Waals surface area contributed by atoms with Crippen molar-refractivity contribution in [2.24, 2.45) is 0 Å². The number of nitrogen functional groups attached to an aromatic ring is 1. The Hall–Kier alpha value is -0.540. The van der Waals surface area contributed by atoms with Crippen molar-refractivity contribution in [2.45, 2.75) is 17.6 Å². The number of carbonyl (C=O) groups is 1. The van der Waals surface area contributed by atoms with Gasteiger partial charge in [-0.2, -0.15) is 0 Å². The van der Waals surface area contributed by atoms with Gasteiger partial charge in [-0.25, -0.2) is 0 Å². The van der Waals surface area contributed by atoms with E-state index in [9.17, 15) is 4.79 Å². The van der Waals surface area contributed by atoms with Gasteiger partial charge in [-0.1, -0.05) is 28.1 Å². The molecule has 1 aromatic carbocycles. The molecule has 0 spiro atoms. The highest BCUT2D eigenvalue weighted by Crippen LogP contribution is 2.28. The molecule has 1 aromatic rings. The van der Waals surface area contributed by atoms with Gasteiger partial charge < -0.3 is 5.73 Å². The molecule has 0 aliphatic rings. The van der Waals surface area contributed by atoms with E-state index in [1.807, 2.05) is 12.1 Å². The number of alkyl halides is 2. The van der Waals surface area contributed by atoms with Crippen molar-refractivity contribution in [3.8, 4) is 0 Å². The fourth-order valence-electron chi connectivity index (χ4n) is 1.15. The van der Waals surface area contributed by atoms with Crippen LogP contribution in [0.5, 0.6) is 0 Å². The van der Waals surface area contributed by atoms with Crippen molar-refractivity contribution in [3.63, 3.8) is 0 Å². The molecule has 0 aliphatic heterocycles. The summed E-state index contributed by atoms with van der Waals surface area (Å²) in [4.78, 5) is 11.1. The predicted octanol–water partition coefficient (Wildman–Crippen LogP) is 3.03. The quantitative estimate of drug-likeness (QED) is 0.681. The van der Waals surface area contributed by atoms with Crippen molar-refractivity contribution in [1.29, 1.82) is 0 Å². The van der Waals surface area contributed by atoms with E-state index in [4.69, 9.17) is 17.3 Å². The van der Waals surface area contributed by atoms with Crippen molar-refractivity contribution in [2.75, 3.05) is 5.73 Å². The summed E-state index contributed by atoms with van der Waals surface area (Å²) in [6.07, 6.45) is 0. The largest absolute Gasteiger partial charge is 0.398 e. The number of hydrogen-bond acceptors (Lipinski definition) is 2. The lowest BCUT2D eigenvalue weighted by Gasteiger charge is -2.10. The van der Waals surface area contributed by atoms with Crippen LogP contribution in [-0.4, -0.2) is 5.78 Å². The molecule has 14 heavy (non-hydrogen) atoms. The maximum absolute atomic E-state index is 11.1. The van der Waals surface area contributed by atoms with Gasteiger partial charge in [0.15, 0.2) is 5.78 Å². The third-order valence-corrected chi connectivity index (χ3v) is 3.13. The van der Waals surface area contributed by atoms with Crippen LogP contribution in [0.2, 0.25) is 0 Å². The third-order valence-electron chi connectivity index (χ3n) is 1.94. The lowest BCUT2D eigenvalue weighted by molar-refractivity contribution is -0.116. The van der Waals surface area contributed by atoms with Crippen LogP contribution in [-0.2, 0) is 10.1 Å². The summed E-state index contributed by atoms with van der Waals surface area (Å²) in [6, 6.07) is 5.52. The van der Waals surface area contributed by atoms with Crippen molar-refractivity contribution < 1.29 is 4.79 Å². The van der Waals surface area contributed by atoms with Crippen LogP contribution in [0, 0.1) is 0 Å². The molecule has 2 nitrogen and oxygen atoms in total. The fourth-order valence-corrected chi connectivity index (χ4v) is 1.68. The Morgan fingerprint density at radius 1 is 1.64 bits per heavy atom. The van der Waals surface area contributed by atoms with Gasteiger partial charge in [0.25, 0.3) is 0 Å². The average Bonchev–Trinajstić information content (AvgIpc) is 2.17. The molecular weight excluding hydrogens is 265 g/mol. The van der Waals surface area contributed by atoms with Gasteiger partial charge in [0.05, 0.1) is 0 Å². The second kappa shape index (κ2) is 4.80. The van der Waals surface area contributed by atoms with E-state index in [0.29, 0.717) is 11.3 Å². The maximum atomic E-state index is 11.1. The van der Waals surface area contributed by atoms with Crippen LogP contribution in [0.1, 0.15) is 23.4 Å². The molecular formula is C10H11BrClNO. The standard InChI is InChI=1S/C10H11BrClNO/c1-6(14)10(12)8-4-7(5-11)2-3-9(8)13/h2-4,10H,5,13H2,1H3. The number of anilines is 1. The molecule has 0 aliphatic carbocycles. The molecule has 0 radical (unpaired) electrons. The first-order chi connectivity index (χ1) is 6.56. The second-order valence-corrected chi connectivity index (χ2v) is 4.07. The Labute approximate surface area is 96.6 Å². The van der Waals surface area contributed by atoms with Gasteiger partial charge >= 0.3 is 0 Å². The molecule has 0 saturated heterocycles. The molecule has 4 heteroatoms. The number of benzene rings is 1. The van der Waals surface area contributed by atoms with Crippen LogP contribution in [0.4, 0.5) is 5.69 Å². The van der Waals surface area contributed by atoms with Gasteiger partial charge in [0, 0.05) is 16.6 Å². The van der Waals surface area contributed by atoms with Crippen LogP contribution >= 0.6 is 27.5 Å². The average molecular weight is 277 g/mol. The number of nitrogens with two attached hydrogens (primary N) is 1. The molecule has 1 atom stereocenters. The first-order valence-corrected chi connectivity index (χ1v) is 5.71. The first-order valence-electron chi connectivity index (χ1n) is 4.15. The number of rotatable bonds is 3. The van der Waals surface area contributed by atoms with Crippen molar-refractivity contribution in [3.05, 3.63) is 29.3 Å². The maximum Gasteiger partial charge on any atom is 0.152 e. The van der Waals surface area contributed by atoms with E-state index in [1.54, 1.807) is 6.07 Å². The minimum Gasteiger partial charge on any atom is -0.398 e. The Morgan fingerprint density at radius 2 is 2.29 bits per heavy atom. The minimum atomic E-state index is -0.644. The van der Waals surface area contributed by atoms with E-state index in [2.05, 4.69) is 15.9 Å². The molecule has 0 bridgehead atoms. The monoisotopic (exact) mass is 275 g/mol. The highest BCUT2D eigenvalue weighted by Gasteiger charge is 2.16. The van der Waals surface area contributed by atoms with Crippen molar-refractivity contribution >= 4 is 39.0 Å². The summed E-state index contributed by atoms with van der Waals surface area (Å²) in [5, 5.41) is 0.0796. The zero-order chi connectivity index (χ0) is 10.7. The molecule has 1 unspecified atom stereocenters. The van der Waals surface area contributed by atoms with E-state index in [1.165, 1.54) is 6.92 Å². The number of carbonyl (C=O) groups excluding carboxylic acids is 1. The van der Waals surface area contributed by atoms with E-state index >= 15 is 0 Å². The Balaban J connectivity index is 3.11. The highest BCUT2D eigenvalue weighted by atomic mass is 79.9. The number of hydrogen-bond donors (Lipinski definition) is 1. The predicted molar refractivity (Wildman–Crippen MR) is 62.8 cm³/mol. The molecule has 0 fully saturated rings.